The molecule has 3 rings (SSSR count). The molecule has 0 aliphatic carbocycles. The summed E-state index contributed by atoms with van der Waals surface area (Å²) < 4.78 is 2.10. The van der Waals surface area contributed by atoms with Crippen molar-refractivity contribution in [3.8, 4) is 0 Å². The van der Waals surface area contributed by atoms with E-state index in [0.717, 1.165) is 19.5 Å². The molecule has 0 spiro atoms. The van der Waals surface area contributed by atoms with Crippen molar-refractivity contribution >= 4 is 5.69 Å². The van der Waals surface area contributed by atoms with E-state index < -0.39 is 0 Å². The van der Waals surface area contributed by atoms with Gasteiger partial charge in [0.1, 0.15) is 0 Å². The summed E-state index contributed by atoms with van der Waals surface area (Å²) in [4.78, 5) is 2.47. The van der Waals surface area contributed by atoms with Crippen molar-refractivity contribution in [2.24, 2.45) is 0 Å². The normalized spacial score (nSPS) is 14.3. The van der Waals surface area contributed by atoms with Crippen molar-refractivity contribution in [2.45, 2.75) is 52.6 Å². The van der Waals surface area contributed by atoms with Gasteiger partial charge in [-0.1, -0.05) is 32.0 Å². The molecule has 3 nitrogen and oxygen atoms in total. The molecule has 0 radical (unpaired) electrons. The van der Waals surface area contributed by atoms with E-state index in [0.29, 0.717) is 12.0 Å². The van der Waals surface area contributed by atoms with Crippen LogP contribution in [-0.2, 0) is 13.0 Å². The van der Waals surface area contributed by atoms with Crippen LogP contribution in [0.2, 0.25) is 0 Å². The average molecular weight is 283 g/mol. The quantitative estimate of drug-likeness (QED) is 0.840. The van der Waals surface area contributed by atoms with E-state index in [1.54, 1.807) is 0 Å². The Balaban J connectivity index is 1.88. The van der Waals surface area contributed by atoms with Gasteiger partial charge >= 0.3 is 0 Å². The van der Waals surface area contributed by atoms with Crippen molar-refractivity contribution in [3.63, 3.8) is 0 Å². The van der Waals surface area contributed by atoms with E-state index in [4.69, 9.17) is 5.10 Å². The number of hydrogen-bond acceptors (Lipinski definition) is 2. The molecule has 0 unspecified atom stereocenters. The van der Waals surface area contributed by atoms with E-state index in [1.807, 2.05) is 0 Å². The molecule has 1 aromatic carbocycles. The molecule has 1 aliphatic heterocycles. The maximum Gasteiger partial charge on any atom is 0.0852 e. The Labute approximate surface area is 127 Å². The largest absolute Gasteiger partial charge is 0.365 e. The fraction of sp³-hybridized carbons (Fsp3) is 0.500. The summed E-state index contributed by atoms with van der Waals surface area (Å²) in [6.45, 7) is 10.9. The first kappa shape index (κ1) is 14.2. The second kappa shape index (κ2) is 5.55. The molecule has 2 heterocycles. The fourth-order valence-electron chi connectivity index (χ4n) is 3.06. The number of benzene rings is 1. The van der Waals surface area contributed by atoms with Gasteiger partial charge in [0.15, 0.2) is 0 Å². The number of anilines is 1. The summed E-state index contributed by atoms with van der Waals surface area (Å²) in [7, 11) is 0. The number of aromatic nitrogens is 2. The molecule has 2 aromatic rings. The maximum absolute atomic E-state index is 4.84. The third-order valence-corrected chi connectivity index (χ3v) is 4.32. The monoisotopic (exact) mass is 283 g/mol. The number of hydrogen-bond donors (Lipinski definition) is 0. The molecule has 0 fully saturated rings. The van der Waals surface area contributed by atoms with Crippen molar-refractivity contribution in [1.29, 1.82) is 0 Å². The van der Waals surface area contributed by atoms with Gasteiger partial charge in [-0.15, -0.1) is 0 Å². The van der Waals surface area contributed by atoms with Crippen molar-refractivity contribution in [1.82, 2.24) is 9.78 Å². The molecule has 0 saturated carbocycles. The zero-order valence-corrected chi connectivity index (χ0v) is 13.5. The average Bonchev–Trinajstić information content (AvgIpc) is 3.04. The lowest BCUT2D eigenvalue weighted by atomic mass is 10.0. The van der Waals surface area contributed by atoms with Crippen LogP contribution in [0, 0.1) is 0 Å². The highest BCUT2D eigenvalue weighted by molar-refractivity contribution is 5.58. The molecule has 0 atom stereocenters. The molecule has 3 heteroatoms. The Morgan fingerprint density at radius 2 is 1.90 bits per heavy atom. The summed E-state index contributed by atoms with van der Waals surface area (Å²) in [6.07, 6.45) is 3.38. The molecule has 0 amide bonds. The molecule has 1 aliphatic rings. The molecule has 0 saturated heterocycles. The first-order chi connectivity index (χ1) is 10.1. The third-order valence-electron chi connectivity index (χ3n) is 4.32. The lowest BCUT2D eigenvalue weighted by molar-refractivity contribution is 0.525. The van der Waals surface area contributed by atoms with Crippen LogP contribution < -0.4 is 4.90 Å². The van der Waals surface area contributed by atoms with Gasteiger partial charge in [-0.2, -0.15) is 5.10 Å². The highest BCUT2D eigenvalue weighted by Crippen LogP contribution is 2.30. The van der Waals surface area contributed by atoms with Crippen molar-refractivity contribution < 1.29 is 0 Å². The minimum absolute atomic E-state index is 0.419. The van der Waals surface area contributed by atoms with Crippen LogP contribution in [0.3, 0.4) is 0 Å². The highest BCUT2D eigenvalue weighted by atomic mass is 15.3. The molecule has 112 valence electrons. The third kappa shape index (κ3) is 2.69. The van der Waals surface area contributed by atoms with Gasteiger partial charge in [0.25, 0.3) is 0 Å². The minimum atomic E-state index is 0.419. The summed E-state index contributed by atoms with van der Waals surface area (Å²) >= 11 is 0. The fourth-order valence-corrected chi connectivity index (χ4v) is 3.06. The zero-order valence-electron chi connectivity index (χ0n) is 13.5. The minimum Gasteiger partial charge on any atom is -0.365 e. The van der Waals surface area contributed by atoms with E-state index in [2.05, 4.69) is 67.7 Å². The number of rotatable bonds is 4. The van der Waals surface area contributed by atoms with E-state index in [-0.39, 0.29) is 0 Å². The van der Waals surface area contributed by atoms with Gasteiger partial charge in [-0.05, 0) is 43.4 Å². The van der Waals surface area contributed by atoms with Crippen LogP contribution in [0.5, 0.6) is 0 Å². The first-order valence-corrected chi connectivity index (χ1v) is 7.97. The standard InChI is InChI=1S/C18H25N3/c1-13(2)16-11-21(14(3)4)19-17(16)12-20-10-9-15-7-5-6-8-18(15)20/h5-8,11,13-14H,9-10,12H2,1-4H3. The highest BCUT2D eigenvalue weighted by Gasteiger charge is 2.22. The first-order valence-electron chi connectivity index (χ1n) is 7.97. The van der Waals surface area contributed by atoms with Crippen molar-refractivity contribution in [3.05, 3.63) is 47.3 Å². The van der Waals surface area contributed by atoms with Gasteiger partial charge in [-0.3, -0.25) is 4.68 Å². The van der Waals surface area contributed by atoms with E-state index in [1.165, 1.54) is 22.5 Å². The van der Waals surface area contributed by atoms with Crippen LogP contribution >= 0.6 is 0 Å². The molecular formula is C18H25N3. The summed E-state index contributed by atoms with van der Waals surface area (Å²) in [6, 6.07) is 9.16. The number of fused-ring (bicyclic) bond motifs is 1. The summed E-state index contributed by atoms with van der Waals surface area (Å²) in [5, 5.41) is 4.84. The second-order valence-electron chi connectivity index (χ2n) is 6.56. The Morgan fingerprint density at radius 3 is 2.62 bits per heavy atom. The summed E-state index contributed by atoms with van der Waals surface area (Å²) in [5.41, 5.74) is 5.46. The molecular weight excluding hydrogens is 258 g/mol. The zero-order chi connectivity index (χ0) is 15.0. The van der Waals surface area contributed by atoms with Gasteiger partial charge < -0.3 is 4.90 Å². The maximum atomic E-state index is 4.84. The molecule has 21 heavy (non-hydrogen) atoms. The Morgan fingerprint density at radius 1 is 1.14 bits per heavy atom. The lowest BCUT2D eigenvalue weighted by Gasteiger charge is -2.19. The predicted octanol–water partition coefficient (Wildman–Crippen LogP) is 4.15. The summed E-state index contributed by atoms with van der Waals surface area (Å²) in [5.74, 6) is 0.519. The molecule has 1 aromatic heterocycles. The molecule has 0 N–H and O–H groups in total. The second-order valence-corrected chi connectivity index (χ2v) is 6.56. The van der Waals surface area contributed by atoms with Crippen LogP contribution in [0.4, 0.5) is 5.69 Å². The number of para-hydroxylation sites is 1. The number of nitrogens with zero attached hydrogens (tertiary/aromatic N) is 3. The smallest absolute Gasteiger partial charge is 0.0852 e. The molecule has 0 bridgehead atoms. The van der Waals surface area contributed by atoms with Crippen LogP contribution in [0.15, 0.2) is 30.5 Å². The van der Waals surface area contributed by atoms with Gasteiger partial charge in [-0.25, -0.2) is 0 Å². The Hall–Kier alpha value is -1.77. The van der Waals surface area contributed by atoms with Crippen molar-refractivity contribution in [2.75, 3.05) is 11.4 Å². The van der Waals surface area contributed by atoms with Crippen LogP contribution in [0.1, 0.15) is 56.5 Å². The van der Waals surface area contributed by atoms with E-state index >= 15 is 0 Å². The van der Waals surface area contributed by atoms with Gasteiger partial charge in [0.2, 0.25) is 0 Å². The van der Waals surface area contributed by atoms with Crippen LogP contribution in [-0.4, -0.2) is 16.3 Å². The van der Waals surface area contributed by atoms with Crippen LogP contribution in [0.25, 0.3) is 0 Å². The Bertz CT molecular complexity index is 625. The van der Waals surface area contributed by atoms with Gasteiger partial charge in [0.05, 0.1) is 12.2 Å². The lowest BCUT2D eigenvalue weighted by Crippen LogP contribution is -2.21. The van der Waals surface area contributed by atoms with E-state index in [9.17, 15) is 0 Å². The SMILES string of the molecule is CC(C)c1cn(C(C)C)nc1CN1CCc2ccccc21. The Kier molecular flexibility index (Phi) is 3.75. The topological polar surface area (TPSA) is 21.1 Å². The predicted molar refractivity (Wildman–Crippen MR) is 87.9 cm³/mol. The van der Waals surface area contributed by atoms with Gasteiger partial charge in [0, 0.05) is 24.5 Å².